The van der Waals surface area contributed by atoms with Crippen LogP contribution in [0.2, 0.25) is 0 Å². The van der Waals surface area contributed by atoms with Crippen molar-refractivity contribution in [1.29, 1.82) is 0 Å². The molecule has 4 heteroatoms. The molecule has 4 aromatic rings. The summed E-state index contributed by atoms with van der Waals surface area (Å²) in [6.07, 6.45) is 2.44. The topological polar surface area (TPSA) is 42.7 Å². The fourth-order valence-electron chi connectivity index (χ4n) is 4.24. The SMILES string of the molecule is Cc1cc(C)c(-n2c3ccccc3c3c(NC4CC4)nc(C)nc32)c(C)c1. The van der Waals surface area contributed by atoms with Crippen molar-refractivity contribution in [2.45, 2.75) is 46.6 Å². The maximum atomic E-state index is 4.89. The van der Waals surface area contributed by atoms with Gasteiger partial charge in [0.1, 0.15) is 11.6 Å². The van der Waals surface area contributed by atoms with Crippen LogP contribution in [-0.4, -0.2) is 20.6 Å². The smallest absolute Gasteiger partial charge is 0.151 e. The van der Waals surface area contributed by atoms with Crippen molar-refractivity contribution >= 4 is 27.8 Å². The number of fused-ring (bicyclic) bond motifs is 3. The molecule has 2 aromatic heterocycles. The largest absolute Gasteiger partial charge is 0.367 e. The Morgan fingerprint density at radius 1 is 0.963 bits per heavy atom. The summed E-state index contributed by atoms with van der Waals surface area (Å²) < 4.78 is 2.32. The fourth-order valence-corrected chi connectivity index (χ4v) is 4.24. The minimum Gasteiger partial charge on any atom is -0.367 e. The number of rotatable bonds is 3. The first-order valence-electron chi connectivity index (χ1n) is 9.65. The maximum absolute atomic E-state index is 4.89. The highest BCUT2D eigenvalue weighted by molar-refractivity contribution is 6.13. The molecule has 1 aliphatic carbocycles. The first-order valence-corrected chi connectivity index (χ1v) is 9.65. The van der Waals surface area contributed by atoms with Gasteiger partial charge < -0.3 is 5.32 Å². The van der Waals surface area contributed by atoms with Gasteiger partial charge in [-0.15, -0.1) is 0 Å². The molecule has 0 unspecified atom stereocenters. The lowest BCUT2D eigenvalue weighted by molar-refractivity contribution is 1.02. The Balaban J connectivity index is 1.93. The highest BCUT2D eigenvalue weighted by Crippen LogP contribution is 2.38. The zero-order valence-corrected chi connectivity index (χ0v) is 16.3. The summed E-state index contributed by atoms with van der Waals surface area (Å²) in [7, 11) is 0. The van der Waals surface area contributed by atoms with Gasteiger partial charge in [-0.3, -0.25) is 4.57 Å². The van der Waals surface area contributed by atoms with E-state index in [1.807, 2.05) is 6.92 Å². The van der Waals surface area contributed by atoms with Crippen LogP contribution in [0.5, 0.6) is 0 Å². The van der Waals surface area contributed by atoms with Gasteiger partial charge in [0.25, 0.3) is 0 Å². The van der Waals surface area contributed by atoms with E-state index in [4.69, 9.17) is 9.97 Å². The molecule has 2 heterocycles. The van der Waals surface area contributed by atoms with Gasteiger partial charge >= 0.3 is 0 Å². The standard InChI is InChI=1S/C23H24N4/c1-13-11-14(2)21(15(3)12-13)27-19-8-6-5-7-18(19)20-22(26-17-9-10-17)24-16(4)25-23(20)27/h5-8,11-12,17H,9-10H2,1-4H3,(H,24,25,26). The lowest BCUT2D eigenvalue weighted by atomic mass is 10.0. The van der Waals surface area contributed by atoms with Gasteiger partial charge in [-0.25, -0.2) is 9.97 Å². The zero-order chi connectivity index (χ0) is 18.7. The number of nitrogens with zero attached hydrogens (tertiary/aromatic N) is 3. The maximum Gasteiger partial charge on any atom is 0.151 e. The summed E-state index contributed by atoms with van der Waals surface area (Å²) in [4.78, 5) is 9.66. The minimum absolute atomic E-state index is 0.549. The van der Waals surface area contributed by atoms with Gasteiger partial charge in [0.05, 0.1) is 16.6 Å². The van der Waals surface area contributed by atoms with Crippen LogP contribution >= 0.6 is 0 Å². The van der Waals surface area contributed by atoms with Gasteiger partial charge in [-0.05, 0) is 57.7 Å². The van der Waals surface area contributed by atoms with Gasteiger partial charge in [0.15, 0.2) is 5.65 Å². The molecular formula is C23H24N4. The molecule has 1 saturated carbocycles. The van der Waals surface area contributed by atoms with Crippen LogP contribution in [0.1, 0.15) is 35.4 Å². The third-order valence-corrected chi connectivity index (χ3v) is 5.41. The molecule has 0 spiro atoms. The minimum atomic E-state index is 0.549. The summed E-state index contributed by atoms with van der Waals surface area (Å²) in [5.41, 5.74) is 7.22. The van der Waals surface area contributed by atoms with E-state index in [1.54, 1.807) is 0 Å². The molecule has 2 aromatic carbocycles. The van der Waals surface area contributed by atoms with Crippen LogP contribution in [0.15, 0.2) is 36.4 Å². The summed E-state index contributed by atoms with van der Waals surface area (Å²) in [5.74, 6) is 1.77. The van der Waals surface area contributed by atoms with E-state index in [9.17, 15) is 0 Å². The molecule has 0 saturated heterocycles. The summed E-state index contributed by atoms with van der Waals surface area (Å²) in [5, 5.41) is 5.96. The van der Waals surface area contributed by atoms with Crippen molar-refractivity contribution in [3.8, 4) is 5.69 Å². The molecule has 0 amide bonds. The van der Waals surface area contributed by atoms with Crippen molar-refractivity contribution in [1.82, 2.24) is 14.5 Å². The van der Waals surface area contributed by atoms with Crippen LogP contribution in [0.4, 0.5) is 5.82 Å². The molecule has 1 N–H and O–H groups in total. The van der Waals surface area contributed by atoms with E-state index in [2.05, 4.69) is 67.1 Å². The quantitative estimate of drug-likeness (QED) is 0.536. The first-order chi connectivity index (χ1) is 13.0. The second-order valence-corrected chi connectivity index (χ2v) is 7.84. The summed E-state index contributed by atoms with van der Waals surface area (Å²) in [6.45, 7) is 8.51. The van der Waals surface area contributed by atoms with Gasteiger partial charge in [0.2, 0.25) is 0 Å². The molecule has 0 radical (unpaired) electrons. The van der Waals surface area contributed by atoms with Gasteiger partial charge in [-0.2, -0.15) is 0 Å². The van der Waals surface area contributed by atoms with Gasteiger partial charge in [0, 0.05) is 11.4 Å². The van der Waals surface area contributed by atoms with E-state index in [0.717, 1.165) is 22.7 Å². The molecular weight excluding hydrogens is 332 g/mol. The molecule has 136 valence electrons. The molecule has 1 fully saturated rings. The van der Waals surface area contributed by atoms with Crippen LogP contribution < -0.4 is 5.32 Å². The fraction of sp³-hybridized carbons (Fsp3) is 0.304. The normalized spacial score (nSPS) is 14.2. The highest BCUT2D eigenvalue weighted by Gasteiger charge is 2.25. The van der Waals surface area contributed by atoms with Crippen molar-refractivity contribution in [3.63, 3.8) is 0 Å². The second kappa shape index (κ2) is 5.81. The monoisotopic (exact) mass is 356 g/mol. The predicted molar refractivity (Wildman–Crippen MR) is 112 cm³/mol. The predicted octanol–water partition coefficient (Wildman–Crippen LogP) is 5.38. The number of hydrogen-bond acceptors (Lipinski definition) is 3. The van der Waals surface area contributed by atoms with Crippen LogP contribution in [-0.2, 0) is 0 Å². The third kappa shape index (κ3) is 2.59. The average molecular weight is 356 g/mol. The number of para-hydroxylation sites is 1. The zero-order valence-electron chi connectivity index (χ0n) is 16.3. The van der Waals surface area contributed by atoms with E-state index < -0.39 is 0 Å². The van der Waals surface area contributed by atoms with Crippen molar-refractivity contribution in [2.24, 2.45) is 0 Å². The Kier molecular flexibility index (Phi) is 3.51. The Hall–Kier alpha value is -2.88. The Morgan fingerprint density at radius 3 is 2.37 bits per heavy atom. The number of benzene rings is 2. The van der Waals surface area contributed by atoms with E-state index in [1.165, 1.54) is 46.1 Å². The van der Waals surface area contributed by atoms with Crippen molar-refractivity contribution < 1.29 is 0 Å². The number of nitrogens with one attached hydrogen (secondary N) is 1. The molecule has 5 rings (SSSR count). The van der Waals surface area contributed by atoms with E-state index in [-0.39, 0.29) is 0 Å². The molecule has 4 nitrogen and oxygen atoms in total. The molecule has 0 aliphatic heterocycles. The second-order valence-electron chi connectivity index (χ2n) is 7.84. The lowest BCUT2D eigenvalue weighted by Gasteiger charge is -2.15. The molecule has 0 atom stereocenters. The Labute approximate surface area is 159 Å². The summed E-state index contributed by atoms with van der Waals surface area (Å²) >= 11 is 0. The van der Waals surface area contributed by atoms with Crippen LogP contribution in [0.3, 0.4) is 0 Å². The van der Waals surface area contributed by atoms with E-state index in [0.29, 0.717) is 6.04 Å². The number of aryl methyl sites for hydroxylation is 4. The molecule has 27 heavy (non-hydrogen) atoms. The van der Waals surface area contributed by atoms with Crippen LogP contribution in [0, 0.1) is 27.7 Å². The van der Waals surface area contributed by atoms with Gasteiger partial charge in [-0.1, -0.05) is 35.9 Å². The van der Waals surface area contributed by atoms with E-state index >= 15 is 0 Å². The number of hydrogen-bond donors (Lipinski definition) is 1. The number of aromatic nitrogens is 3. The average Bonchev–Trinajstić information content (AvgIpc) is 3.36. The Bertz CT molecular complexity index is 1180. The highest BCUT2D eigenvalue weighted by atomic mass is 15.1. The number of anilines is 1. The molecule has 1 aliphatic rings. The Morgan fingerprint density at radius 2 is 1.67 bits per heavy atom. The first kappa shape index (κ1) is 16.3. The van der Waals surface area contributed by atoms with Crippen LogP contribution in [0.25, 0.3) is 27.6 Å². The molecule has 0 bridgehead atoms. The van der Waals surface area contributed by atoms with Crippen molar-refractivity contribution in [2.75, 3.05) is 5.32 Å². The van der Waals surface area contributed by atoms with Crippen molar-refractivity contribution in [3.05, 3.63) is 58.9 Å². The lowest BCUT2D eigenvalue weighted by Crippen LogP contribution is -2.07. The third-order valence-electron chi connectivity index (χ3n) is 5.41. The summed E-state index contributed by atoms with van der Waals surface area (Å²) in [6, 6.07) is 13.6.